The van der Waals surface area contributed by atoms with E-state index in [1.165, 1.54) is 4.68 Å². The largest absolute Gasteiger partial charge is 0.336 e. The monoisotopic (exact) mass is 317 g/mol. The number of nitrogens with zero attached hydrogens (tertiary/aromatic N) is 5. The molecule has 0 amide bonds. The van der Waals surface area contributed by atoms with Crippen molar-refractivity contribution >= 4 is 10.8 Å². The summed E-state index contributed by atoms with van der Waals surface area (Å²) in [6.07, 6.45) is 8.81. The molecule has 0 bridgehead atoms. The van der Waals surface area contributed by atoms with Gasteiger partial charge in [0.2, 0.25) is 0 Å². The highest BCUT2D eigenvalue weighted by atomic mass is 16.1. The molecule has 4 aromatic rings. The standard InChI is InChI=1S/C18H15N5O/c24-18-16-6-2-1-5-15(16)17(14-4-3-7-19-12-14)21-23(18)11-10-22-9-8-20-13-22/h1-9,12-13H,10-11H2. The average Bonchev–Trinajstić information content (AvgIpc) is 3.16. The van der Waals surface area contributed by atoms with E-state index in [1.807, 2.05) is 47.2 Å². The molecule has 0 radical (unpaired) electrons. The molecule has 1 aromatic carbocycles. The Morgan fingerprint density at radius 1 is 0.917 bits per heavy atom. The van der Waals surface area contributed by atoms with Gasteiger partial charge in [0.05, 0.1) is 18.3 Å². The summed E-state index contributed by atoms with van der Waals surface area (Å²) in [6, 6.07) is 11.4. The predicted octanol–water partition coefficient (Wildman–Crippen LogP) is 2.36. The zero-order chi connectivity index (χ0) is 16.4. The van der Waals surface area contributed by atoms with Crippen LogP contribution in [0.1, 0.15) is 0 Å². The fourth-order valence-corrected chi connectivity index (χ4v) is 2.73. The zero-order valence-electron chi connectivity index (χ0n) is 12.9. The van der Waals surface area contributed by atoms with E-state index in [9.17, 15) is 4.79 Å². The van der Waals surface area contributed by atoms with Gasteiger partial charge in [-0.1, -0.05) is 18.2 Å². The Balaban J connectivity index is 1.85. The Labute approximate surface area is 138 Å². The quantitative estimate of drug-likeness (QED) is 0.579. The normalized spacial score (nSPS) is 11.0. The van der Waals surface area contributed by atoms with E-state index in [4.69, 9.17) is 0 Å². The van der Waals surface area contributed by atoms with Crippen molar-refractivity contribution < 1.29 is 0 Å². The minimum absolute atomic E-state index is 0.0849. The number of rotatable bonds is 4. The van der Waals surface area contributed by atoms with Crippen LogP contribution in [0.25, 0.3) is 22.0 Å². The van der Waals surface area contributed by atoms with Crippen LogP contribution in [0.3, 0.4) is 0 Å². The fraction of sp³-hybridized carbons (Fsp3) is 0.111. The Kier molecular flexibility index (Phi) is 3.63. The van der Waals surface area contributed by atoms with E-state index in [-0.39, 0.29) is 5.56 Å². The van der Waals surface area contributed by atoms with Gasteiger partial charge in [0.15, 0.2) is 0 Å². The first kappa shape index (κ1) is 14.3. The fourth-order valence-electron chi connectivity index (χ4n) is 2.73. The van der Waals surface area contributed by atoms with Gasteiger partial charge in [-0.15, -0.1) is 0 Å². The number of aryl methyl sites for hydroxylation is 2. The molecular weight excluding hydrogens is 302 g/mol. The van der Waals surface area contributed by atoms with Gasteiger partial charge in [-0.2, -0.15) is 5.10 Å². The number of fused-ring (bicyclic) bond motifs is 1. The molecule has 6 nitrogen and oxygen atoms in total. The molecule has 0 aliphatic heterocycles. The lowest BCUT2D eigenvalue weighted by Crippen LogP contribution is -2.25. The Morgan fingerprint density at radius 3 is 2.54 bits per heavy atom. The highest BCUT2D eigenvalue weighted by molar-refractivity contribution is 5.93. The molecule has 0 saturated heterocycles. The third-order valence-corrected chi connectivity index (χ3v) is 3.93. The lowest BCUT2D eigenvalue weighted by molar-refractivity contribution is 0.516. The van der Waals surface area contributed by atoms with Gasteiger partial charge >= 0.3 is 0 Å². The molecule has 0 aliphatic rings. The topological polar surface area (TPSA) is 65.6 Å². The molecule has 0 N–H and O–H groups in total. The molecule has 0 spiro atoms. The smallest absolute Gasteiger partial charge is 0.274 e. The van der Waals surface area contributed by atoms with Crippen molar-refractivity contribution in [2.45, 2.75) is 13.1 Å². The van der Waals surface area contributed by atoms with Crippen LogP contribution >= 0.6 is 0 Å². The van der Waals surface area contributed by atoms with Crippen molar-refractivity contribution in [3.8, 4) is 11.3 Å². The van der Waals surface area contributed by atoms with Gasteiger partial charge < -0.3 is 4.57 Å². The zero-order valence-corrected chi connectivity index (χ0v) is 12.9. The molecule has 0 atom stereocenters. The van der Waals surface area contributed by atoms with E-state index in [0.29, 0.717) is 18.5 Å². The molecular formula is C18H15N5O. The summed E-state index contributed by atoms with van der Waals surface area (Å²) in [4.78, 5) is 20.9. The summed E-state index contributed by atoms with van der Waals surface area (Å²) < 4.78 is 3.44. The van der Waals surface area contributed by atoms with Gasteiger partial charge in [-0.05, 0) is 18.2 Å². The van der Waals surface area contributed by atoms with Crippen LogP contribution in [0.2, 0.25) is 0 Å². The summed E-state index contributed by atoms with van der Waals surface area (Å²) in [5.41, 5.74) is 1.58. The summed E-state index contributed by atoms with van der Waals surface area (Å²) in [6.45, 7) is 1.12. The molecule has 0 aliphatic carbocycles. The van der Waals surface area contributed by atoms with Crippen LogP contribution in [-0.4, -0.2) is 24.3 Å². The van der Waals surface area contributed by atoms with Crippen LogP contribution < -0.4 is 5.56 Å². The first-order valence-corrected chi connectivity index (χ1v) is 7.69. The van der Waals surface area contributed by atoms with E-state index < -0.39 is 0 Å². The first-order chi connectivity index (χ1) is 11.8. The van der Waals surface area contributed by atoms with E-state index in [0.717, 1.165) is 16.6 Å². The SMILES string of the molecule is O=c1c2ccccc2c(-c2cccnc2)nn1CCn1ccnc1. The number of aromatic nitrogens is 5. The van der Waals surface area contributed by atoms with Crippen LogP contribution in [0, 0.1) is 0 Å². The summed E-state index contributed by atoms with van der Waals surface area (Å²) in [5, 5.41) is 6.11. The van der Waals surface area contributed by atoms with Gasteiger partial charge in [0.1, 0.15) is 5.69 Å². The highest BCUT2D eigenvalue weighted by Crippen LogP contribution is 2.23. The number of hydrogen-bond acceptors (Lipinski definition) is 4. The molecule has 0 unspecified atom stereocenters. The lowest BCUT2D eigenvalue weighted by atomic mass is 10.1. The minimum atomic E-state index is -0.0849. The maximum atomic E-state index is 12.7. The number of pyridine rings is 1. The van der Waals surface area contributed by atoms with E-state index in [2.05, 4.69) is 15.1 Å². The number of hydrogen-bond donors (Lipinski definition) is 0. The third-order valence-electron chi connectivity index (χ3n) is 3.93. The summed E-state index contributed by atoms with van der Waals surface area (Å²) >= 11 is 0. The molecule has 24 heavy (non-hydrogen) atoms. The predicted molar refractivity (Wildman–Crippen MR) is 91.5 cm³/mol. The van der Waals surface area contributed by atoms with E-state index in [1.54, 1.807) is 24.9 Å². The van der Waals surface area contributed by atoms with Gasteiger partial charge in [0.25, 0.3) is 5.56 Å². The van der Waals surface area contributed by atoms with Crippen LogP contribution in [-0.2, 0) is 13.1 Å². The summed E-state index contributed by atoms with van der Waals surface area (Å²) in [5.74, 6) is 0. The molecule has 6 heteroatoms. The van der Waals surface area contributed by atoms with Gasteiger partial charge in [-0.3, -0.25) is 9.78 Å². The van der Waals surface area contributed by atoms with Crippen molar-refractivity contribution in [2.24, 2.45) is 0 Å². The molecule has 0 saturated carbocycles. The molecule has 0 fully saturated rings. The second-order valence-corrected chi connectivity index (χ2v) is 5.46. The minimum Gasteiger partial charge on any atom is -0.336 e. The number of benzene rings is 1. The van der Waals surface area contributed by atoms with Crippen molar-refractivity contribution in [2.75, 3.05) is 0 Å². The summed E-state index contributed by atoms with van der Waals surface area (Å²) in [7, 11) is 0. The maximum absolute atomic E-state index is 12.7. The van der Waals surface area contributed by atoms with Crippen molar-refractivity contribution in [1.29, 1.82) is 0 Å². The maximum Gasteiger partial charge on any atom is 0.274 e. The average molecular weight is 317 g/mol. The molecule has 3 heterocycles. The lowest BCUT2D eigenvalue weighted by Gasteiger charge is -2.11. The number of imidazole rings is 1. The van der Waals surface area contributed by atoms with Crippen molar-refractivity contribution in [3.05, 3.63) is 77.9 Å². The first-order valence-electron chi connectivity index (χ1n) is 7.69. The second kappa shape index (κ2) is 6.08. The van der Waals surface area contributed by atoms with Gasteiger partial charge in [0, 0.05) is 42.3 Å². The Bertz CT molecular complexity index is 1020. The molecule has 4 rings (SSSR count). The molecule has 3 aromatic heterocycles. The van der Waals surface area contributed by atoms with E-state index >= 15 is 0 Å². The van der Waals surface area contributed by atoms with Crippen molar-refractivity contribution in [3.63, 3.8) is 0 Å². The highest BCUT2D eigenvalue weighted by Gasteiger charge is 2.12. The van der Waals surface area contributed by atoms with Crippen LogP contribution in [0.15, 0.2) is 72.3 Å². The van der Waals surface area contributed by atoms with Gasteiger partial charge in [-0.25, -0.2) is 9.67 Å². The van der Waals surface area contributed by atoms with Crippen LogP contribution in [0.5, 0.6) is 0 Å². The van der Waals surface area contributed by atoms with Crippen LogP contribution in [0.4, 0.5) is 0 Å². The Hall–Kier alpha value is -3.28. The second-order valence-electron chi connectivity index (χ2n) is 5.46. The van der Waals surface area contributed by atoms with Crippen molar-refractivity contribution in [1.82, 2.24) is 24.3 Å². The third kappa shape index (κ3) is 2.58. The molecule has 118 valence electrons. The Morgan fingerprint density at radius 2 is 1.79 bits per heavy atom.